The molecule has 0 bridgehead atoms. The normalized spacial score (nSPS) is 11.5. The maximum Gasteiger partial charge on any atom is 0.253 e. The highest BCUT2D eigenvalue weighted by molar-refractivity contribution is 7.98. The van der Waals surface area contributed by atoms with E-state index in [9.17, 15) is 9.59 Å². The molecule has 0 aliphatic carbocycles. The summed E-state index contributed by atoms with van der Waals surface area (Å²) in [6.07, 6.45) is 4.11. The highest BCUT2D eigenvalue weighted by Gasteiger charge is 2.21. The van der Waals surface area contributed by atoms with Gasteiger partial charge in [-0.3, -0.25) is 9.59 Å². The van der Waals surface area contributed by atoms with E-state index in [2.05, 4.69) is 17.2 Å². The second-order valence-electron chi connectivity index (χ2n) is 4.32. The number of carbonyl (C=O) groups is 2. The topological polar surface area (TPSA) is 58.2 Å². The quantitative estimate of drug-likeness (QED) is 0.722. The monoisotopic (exact) mass is 326 g/mol. The van der Waals surface area contributed by atoms with Gasteiger partial charge in [0.2, 0.25) is 5.91 Å². The van der Waals surface area contributed by atoms with Crippen molar-refractivity contribution in [1.82, 2.24) is 10.6 Å². The van der Waals surface area contributed by atoms with Crippen molar-refractivity contribution < 1.29 is 9.59 Å². The van der Waals surface area contributed by atoms with Crippen molar-refractivity contribution in [3.63, 3.8) is 0 Å². The SMILES string of the molecule is C=CCNC(=O)[C@H](CCSC)NC(=O)c1ccccc1Cl. The van der Waals surface area contributed by atoms with Gasteiger partial charge in [0.15, 0.2) is 0 Å². The first-order valence-corrected chi connectivity index (χ1v) is 8.30. The Hall–Kier alpha value is -1.46. The van der Waals surface area contributed by atoms with Gasteiger partial charge < -0.3 is 10.6 Å². The number of carbonyl (C=O) groups excluding carboxylic acids is 2. The van der Waals surface area contributed by atoms with Crippen molar-refractivity contribution in [2.45, 2.75) is 12.5 Å². The van der Waals surface area contributed by atoms with Crippen molar-refractivity contribution in [3.05, 3.63) is 47.5 Å². The Morgan fingerprint density at radius 2 is 2.14 bits per heavy atom. The molecule has 0 spiro atoms. The van der Waals surface area contributed by atoms with E-state index in [4.69, 9.17) is 11.6 Å². The van der Waals surface area contributed by atoms with Gasteiger partial charge in [-0.05, 0) is 30.6 Å². The molecule has 0 unspecified atom stereocenters. The van der Waals surface area contributed by atoms with E-state index in [1.165, 1.54) is 0 Å². The van der Waals surface area contributed by atoms with Crippen molar-refractivity contribution in [2.75, 3.05) is 18.6 Å². The first-order valence-electron chi connectivity index (χ1n) is 6.53. The lowest BCUT2D eigenvalue weighted by Gasteiger charge is -2.18. The van der Waals surface area contributed by atoms with Gasteiger partial charge in [-0.25, -0.2) is 0 Å². The fraction of sp³-hybridized carbons (Fsp3) is 0.333. The maximum absolute atomic E-state index is 12.2. The molecule has 1 aromatic carbocycles. The van der Waals surface area contributed by atoms with E-state index in [0.717, 1.165) is 5.75 Å². The Bertz CT molecular complexity index is 508. The largest absolute Gasteiger partial charge is 0.351 e. The minimum Gasteiger partial charge on any atom is -0.351 e. The molecular weight excluding hydrogens is 308 g/mol. The van der Waals surface area contributed by atoms with Crippen LogP contribution in [0.15, 0.2) is 36.9 Å². The molecule has 1 aromatic rings. The Kier molecular flexibility index (Phi) is 7.93. The van der Waals surface area contributed by atoms with Gasteiger partial charge in [0.05, 0.1) is 10.6 Å². The number of nitrogens with one attached hydrogen (secondary N) is 2. The first-order chi connectivity index (χ1) is 10.1. The summed E-state index contributed by atoms with van der Waals surface area (Å²) in [7, 11) is 0. The summed E-state index contributed by atoms with van der Waals surface area (Å²) in [5.74, 6) is 0.208. The standard InChI is InChI=1S/C15H19ClN2O2S/c1-3-9-17-15(20)13(8-10-21-2)18-14(19)11-6-4-5-7-12(11)16/h3-7,13H,1,8-10H2,2H3,(H,17,20)(H,18,19)/t13-/m0/s1. The average Bonchev–Trinajstić information content (AvgIpc) is 2.49. The van der Waals surface area contributed by atoms with Crippen LogP contribution in [0.3, 0.4) is 0 Å². The van der Waals surface area contributed by atoms with Gasteiger partial charge in [0.1, 0.15) is 6.04 Å². The second kappa shape index (κ2) is 9.47. The minimum atomic E-state index is -0.582. The van der Waals surface area contributed by atoms with Gasteiger partial charge >= 0.3 is 0 Å². The number of benzene rings is 1. The molecule has 0 aliphatic heterocycles. The van der Waals surface area contributed by atoms with Gasteiger partial charge in [-0.15, -0.1) is 6.58 Å². The summed E-state index contributed by atoms with van der Waals surface area (Å²) >= 11 is 7.61. The van der Waals surface area contributed by atoms with Crippen LogP contribution in [0.5, 0.6) is 0 Å². The average molecular weight is 327 g/mol. The fourth-order valence-electron chi connectivity index (χ4n) is 1.68. The number of amides is 2. The molecule has 1 rings (SSSR count). The lowest BCUT2D eigenvalue weighted by molar-refractivity contribution is -0.122. The molecule has 0 fully saturated rings. The molecule has 0 aliphatic rings. The fourth-order valence-corrected chi connectivity index (χ4v) is 2.37. The smallest absolute Gasteiger partial charge is 0.253 e. The van der Waals surface area contributed by atoms with Crippen molar-refractivity contribution in [1.29, 1.82) is 0 Å². The van der Waals surface area contributed by atoms with Crippen LogP contribution < -0.4 is 10.6 Å². The molecule has 1 atom stereocenters. The molecule has 0 heterocycles. The number of halogens is 1. The summed E-state index contributed by atoms with van der Waals surface area (Å²) in [6.45, 7) is 3.92. The molecule has 0 aromatic heterocycles. The molecule has 0 radical (unpaired) electrons. The Morgan fingerprint density at radius 1 is 1.43 bits per heavy atom. The van der Waals surface area contributed by atoms with E-state index < -0.39 is 6.04 Å². The zero-order chi connectivity index (χ0) is 15.7. The van der Waals surface area contributed by atoms with Gasteiger partial charge in [0.25, 0.3) is 5.91 Å². The summed E-state index contributed by atoms with van der Waals surface area (Å²) in [4.78, 5) is 24.3. The number of thioether (sulfide) groups is 1. The van der Waals surface area contributed by atoms with Crippen LogP contribution in [0.2, 0.25) is 5.02 Å². The van der Waals surface area contributed by atoms with Crippen LogP contribution >= 0.6 is 23.4 Å². The van der Waals surface area contributed by atoms with E-state index >= 15 is 0 Å². The summed E-state index contributed by atoms with van der Waals surface area (Å²) in [5.41, 5.74) is 0.366. The van der Waals surface area contributed by atoms with Crippen molar-refractivity contribution in [3.8, 4) is 0 Å². The van der Waals surface area contributed by atoms with Crippen LogP contribution in [0.4, 0.5) is 0 Å². The maximum atomic E-state index is 12.2. The lowest BCUT2D eigenvalue weighted by atomic mass is 10.1. The third-order valence-corrected chi connectivity index (χ3v) is 3.75. The zero-order valence-corrected chi connectivity index (χ0v) is 13.5. The predicted molar refractivity (Wildman–Crippen MR) is 88.9 cm³/mol. The van der Waals surface area contributed by atoms with Crippen LogP contribution in [-0.2, 0) is 4.79 Å². The molecule has 0 saturated carbocycles. The van der Waals surface area contributed by atoms with E-state index in [1.807, 2.05) is 6.26 Å². The first kappa shape index (κ1) is 17.6. The lowest BCUT2D eigenvalue weighted by Crippen LogP contribution is -2.47. The molecule has 114 valence electrons. The molecule has 0 saturated heterocycles. The Balaban J connectivity index is 2.75. The van der Waals surface area contributed by atoms with Crippen LogP contribution in [-0.4, -0.2) is 36.4 Å². The molecule has 6 heteroatoms. The van der Waals surface area contributed by atoms with Crippen molar-refractivity contribution in [2.24, 2.45) is 0 Å². The van der Waals surface area contributed by atoms with Crippen LogP contribution in [0.1, 0.15) is 16.8 Å². The molecule has 2 amide bonds. The summed E-state index contributed by atoms with van der Waals surface area (Å²) in [5, 5.41) is 5.80. The highest BCUT2D eigenvalue weighted by atomic mass is 35.5. The third kappa shape index (κ3) is 5.81. The minimum absolute atomic E-state index is 0.218. The van der Waals surface area contributed by atoms with Gasteiger partial charge in [-0.2, -0.15) is 11.8 Å². The van der Waals surface area contributed by atoms with E-state index in [1.54, 1.807) is 42.1 Å². The Morgan fingerprint density at radius 3 is 2.76 bits per heavy atom. The van der Waals surface area contributed by atoms with Gasteiger partial charge in [-0.1, -0.05) is 29.8 Å². The number of hydrogen-bond donors (Lipinski definition) is 2. The van der Waals surface area contributed by atoms with Gasteiger partial charge in [0, 0.05) is 6.54 Å². The van der Waals surface area contributed by atoms with Crippen LogP contribution in [0.25, 0.3) is 0 Å². The third-order valence-electron chi connectivity index (χ3n) is 2.77. The zero-order valence-electron chi connectivity index (χ0n) is 11.9. The summed E-state index contributed by atoms with van der Waals surface area (Å²) < 4.78 is 0. The number of rotatable bonds is 8. The molecule has 21 heavy (non-hydrogen) atoms. The highest BCUT2D eigenvalue weighted by Crippen LogP contribution is 2.15. The van der Waals surface area contributed by atoms with E-state index in [-0.39, 0.29) is 11.8 Å². The van der Waals surface area contributed by atoms with Crippen LogP contribution in [0, 0.1) is 0 Å². The summed E-state index contributed by atoms with van der Waals surface area (Å²) in [6, 6.07) is 6.17. The van der Waals surface area contributed by atoms with Crippen molar-refractivity contribution >= 4 is 35.2 Å². The number of hydrogen-bond acceptors (Lipinski definition) is 3. The van der Waals surface area contributed by atoms with E-state index in [0.29, 0.717) is 23.6 Å². The predicted octanol–water partition coefficient (Wildman–Crippen LogP) is 2.49. The molecule has 4 nitrogen and oxygen atoms in total. The second-order valence-corrected chi connectivity index (χ2v) is 5.71. The Labute approximate surface area is 134 Å². The molecule has 2 N–H and O–H groups in total. The molecular formula is C15H19ClN2O2S.